The second-order valence-corrected chi connectivity index (χ2v) is 8.49. The first-order chi connectivity index (χ1) is 4.11. The fraction of sp³-hybridized carbons (Fsp3) is 0.500. The Labute approximate surface area is 108 Å². The Morgan fingerprint density at radius 3 is 1.92 bits per heavy atom. The molecular formula is C8H13Cl2HfSi-3. The molecule has 0 saturated carbocycles. The molecule has 1 aliphatic carbocycles. The van der Waals surface area contributed by atoms with Crippen molar-refractivity contribution in [3.8, 4) is 0 Å². The summed E-state index contributed by atoms with van der Waals surface area (Å²) >= 11 is 0. The van der Waals surface area contributed by atoms with Crippen LogP contribution in [0.25, 0.3) is 0 Å². The molecule has 12 heavy (non-hydrogen) atoms. The molecule has 1 aliphatic rings. The molecule has 0 atom stereocenters. The van der Waals surface area contributed by atoms with E-state index in [4.69, 9.17) is 0 Å². The van der Waals surface area contributed by atoms with E-state index in [1.807, 2.05) is 0 Å². The Morgan fingerprint density at radius 1 is 1.25 bits per heavy atom. The van der Waals surface area contributed by atoms with Gasteiger partial charge in [0, 0.05) is 33.9 Å². The van der Waals surface area contributed by atoms with Crippen LogP contribution in [0.5, 0.6) is 0 Å². The van der Waals surface area contributed by atoms with Crippen molar-refractivity contribution in [1.29, 1.82) is 0 Å². The zero-order valence-electron chi connectivity index (χ0n) is 7.62. The fourth-order valence-corrected chi connectivity index (χ4v) is 2.17. The van der Waals surface area contributed by atoms with Gasteiger partial charge < -0.3 is 24.8 Å². The summed E-state index contributed by atoms with van der Waals surface area (Å²) in [5.41, 5.74) is 0. The van der Waals surface area contributed by atoms with Crippen LogP contribution < -0.4 is 24.8 Å². The Morgan fingerprint density at radius 2 is 1.75 bits per heavy atom. The van der Waals surface area contributed by atoms with Gasteiger partial charge in [0.1, 0.15) is 0 Å². The molecule has 4 heteroatoms. The maximum absolute atomic E-state index is 3.36. The molecule has 0 spiro atoms. The number of allylic oxidation sites excluding steroid dienone is 4. The maximum Gasteiger partial charge on any atom is 0.0393 e. The van der Waals surface area contributed by atoms with E-state index < -0.39 is 8.07 Å². The van der Waals surface area contributed by atoms with E-state index in [0.29, 0.717) is 0 Å². The molecule has 0 nitrogen and oxygen atoms in total. The summed E-state index contributed by atoms with van der Waals surface area (Å²) in [6.07, 6.45) is 8.82. The van der Waals surface area contributed by atoms with Crippen molar-refractivity contribution in [2.45, 2.75) is 26.1 Å². The fourth-order valence-electron chi connectivity index (χ4n) is 0.920. The quantitative estimate of drug-likeness (QED) is 0.325. The summed E-state index contributed by atoms with van der Waals surface area (Å²) in [6, 6.07) is 0. The number of hydrogen-bond donors (Lipinski definition) is 0. The third kappa shape index (κ3) is 5.73. The van der Waals surface area contributed by atoms with Gasteiger partial charge in [0.2, 0.25) is 0 Å². The third-order valence-electron chi connectivity index (χ3n) is 1.50. The standard InChI is InChI=1S/C8H13Si.2ClH.Hf/c1-9(2,3)8-6-4-5-7-8;;;/h4,6H,5H2,1-3H3;2*1H;/q-1;;;/p-2. The first-order valence-electron chi connectivity index (χ1n) is 3.38. The number of halogens is 2. The average Bonchev–Trinajstić information content (AvgIpc) is 2.08. The van der Waals surface area contributed by atoms with Crippen LogP contribution in [0.2, 0.25) is 19.6 Å². The molecule has 0 saturated heterocycles. The molecule has 0 fully saturated rings. The van der Waals surface area contributed by atoms with Crippen LogP contribution in [-0.4, -0.2) is 8.07 Å². The van der Waals surface area contributed by atoms with E-state index in [1.165, 1.54) is 5.20 Å². The third-order valence-corrected chi connectivity index (χ3v) is 3.46. The molecule has 0 unspecified atom stereocenters. The van der Waals surface area contributed by atoms with Gasteiger partial charge in [0.05, 0.1) is 0 Å². The molecule has 0 amide bonds. The van der Waals surface area contributed by atoms with E-state index >= 15 is 0 Å². The molecule has 1 rings (SSSR count). The first kappa shape index (κ1) is 18.8. The van der Waals surface area contributed by atoms with E-state index in [9.17, 15) is 0 Å². The van der Waals surface area contributed by atoms with Crippen molar-refractivity contribution in [3.63, 3.8) is 0 Å². The van der Waals surface area contributed by atoms with Crippen LogP contribution in [0.1, 0.15) is 6.42 Å². The summed E-state index contributed by atoms with van der Waals surface area (Å²) in [5.74, 6) is 0. The van der Waals surface area contributed by atoms with Crippen molar-refractivity contribution >= 4 is 8.07 Å². The smallest absolute Gasteiger partial charge is 0.0393 e. The zero-order valence-corrected chi connectivity index (χ0v) is 13.7. The molecule has 0 aromatic rings. The molecule has 0 aliphatic heterocycles. The van der Waals surface area contributed by atoms with Gasteiger partial charge in [-0.25, -0.2) is 11.3 Å². The summed E-state index contributed by atoms with van der Waals surface area (Å²) in [6.45, 7) is 7.06. The predicted octanol–water partition coefficient (Wildman–Crippen LogP) is -3.44. The minimum Gasteiger partial charge on any atom is -1.00 e. The Balaban J connectivity index is -0.000000270. The molecule has 0 bridgehead atoms. The van der Waals surface area contributed by atoms with Crippen LogP contribution in [0.15, 0.2) is 17.3 Å². The van der Waals surface area contributed by atoms with Gasteiger partial charge in [-0.15, -0.1) is 6.42 Å². The van der Waals surface area contributed by atoms with E-state index in [-0.39, 0.29) is 50.7 Å². The van der Waals surface area contributed by atoms with Crippen molar-refractivity contribution in [3.05, 3.63) is 23.4 Å². The minimum atomic E-state index is -1.01. The van der Waals surface area contributed by atoms with E-state index in [2.05, 4.69) is 37.9 Å². The van der Waals surface area contributed by atoms with Crippen molar-refractivity contribution in [2.24, 2.45) is 0 Å². The molecule has 0 heterocycles. The van der Waals surface area contributed by atoms with Gasteiger partial charge in [0.15, 0.2) is 0 Å². The van der Waals surface area contributed by atoms with E-state index in [1.54, 1.807) is 0 Å². The Hall–Kier alpha value is 1.15. The normalized spacial score (nSPS) is 13.8. The topological polar surface area (TPSA) is 0 Å². The second-order valence-electron chi connectivity index (χ2n) is 3.45. The summed E-state index contributed by atoms with van der Waals surface area (Å²) in [4.78, 5) is 0. The SMILES string of the molecule is C[Si](C)(C)C1=[C-]CC=C1.[Cl-].[Cl-].[Hf]. The molecule has 0 aromatic heterocycles. The molecule has 0 N–H and O–H groups in total. The average molecular weight is 387 g/mol. The predicted molar refractivity (Wildman–Crippen MR) is 43.9 cm³/mol. The summed E-state index contributed by atoms with van der Waals surface area (Å²) in [7, 11) is -1.01. The molecule has 0 aromatic carbocycles. The summed E-state index contributed by atoms with van der Waals surface area (Å²) < 4.78 is 0. The summed E-state index contributed by atoms with van der Waals surface area (Å²) in [5, 5.41) is 1.49. The van der Waals surface area contributed by atoms with Gasteiger partial charge in [-0.1, -0.05) is 19.6 Å². The van der Waals surface area contributed by atoms with Gasteiger partial charge in [-0.2, -0.15) is 6.08 Å². The van der Waals surface area contributed by atoms with Crippen molar-refractivity contribution < 1.29 is 50.7 Å². The second kappa shape index (κ2) is 7.54. The Bertz CT molecular complexity index is 170. The van der Waals surface area contributed by atoms with Crippen molar-refractivity contribution in [1.82, 2.24) is 0 Å². The number of hydrogen-bond acceptors (Lipinski definition) is 0. The molecule has 70 valence electrons. The molecular weight excluding hydrogens is 374 g/mol. The van der Waals surface area contributed by atoms with Crippen LogP contribution >= 0.6 is 0 Å². The number of rotatable bonds is 1. The van der Waals surface area contributed by atoms with Crippen molar-refractivity contribution in [2.75, 3.05) is 0 Å². The van der Waals surface area contributed by atoms with Crippen LogP contribution in [0, 0.1) is 6.08 Å². The van der Waals surface area contributed by atoms with E-state index in [0.717, 1.165) is 6.42 Å². The van der Waals surface area contributed by atoms with Gasteiger partial charge in [-0.3, -0.25) is 6.08 Å². The monoisotopic (exact) mass is 387 g/mol. The molecule has 0 radical (unpaired) electrons. The van der Waals surface area contributed by atoms with Crippen LogP contribution in [-0.2, 0) is 25.8 Å². The van der Waals surface area contributed by atoms with Crippen LogP contribution in [0.3, 0.4) is 0 Å². The largest absolute Gasteiger partial charge is 1.00 e. The minimum absolute atomic E-state index is 0. The van der Waals surface area contributed by atoms with Gasteiger partial charge in [0.25, 0.3) is 0 Å². The first-order valence-corrected chi connectivity index (χ1v) is 6.88. The maximum atomic E-state index is 3.36. The van der Waals surface area contributed by atoms with Crippen LogP contribution in [0.4, 0.5) is 0 Å². The van der Waals surface area contributed by atoms with Gasteiger partial charge >= 0.3 is 0 Å². The zero-order chi connectivity index (χ0) is 6.91. The van der Waals surface area contributed by atoms with Gasteiger partial charge in [-0.05, 0) is 0 Å². The Kier molecular flexibility index (Phi) is 11.8.